The summed E-state index contributed by atoms with van der Waals surface area (Å²) < 4.78 is 16.6. The number of benzene rings is 4. The van der Waals surface area contributed by atoms with Crippen molar-refractivity contribution in [3.63, 3.8) is 0 Å². The first-order valence-corrected chi connectivity index (χ1v) is 13.4. The Kier molecular flexibility index (Phi) is 8.83. The average molecular weight is 557 g/mol. The van der Waals surface area contributed by atoms with Gasteiger partial charge in [-0.1, -0.05) is 90.5 Å². The molecule has 0 unspecified atom stereocenters. The molecule has 1 heterocycles. The molecule has 204 valence electrons. The molecular weight excluding hydrogens is 528 g/mol. The van der Waals surface area contributed by atoms with Crippen LogP contribution in [-0.2, 0) is 29.1 Å². The van der Waals surface area contributed by atoms with E-state index in [4.69, 9.17) is 25.8 Å². The monoisotopic (exact) mass is 556 g/mol. The first kappa shape index (κ1) is 27.1. The van der Waals surface area contributed by atoms with E-state index in [1.807, 2.05) is 78.9 Å². The maximum absolute atomic E-state index is 13.8. The number of amides is 2. The second kappa shape index (κ2) is 13.0. The zero-order valence-electron chi connectivity index (χ0n) is 21.8. The highest BCUT2D eigenvalue weighted by atomic mass is 35.5. The molecule has 1 aliphatic heterocycles. The maximum Gasteiger partial charge on any atom is 0.261 e. The lowest BCUT2D eigenvalue weighted by Crippen LogP contribution is -2.51. The summed E-state index contributed by atoms with van der Waals surface area (Å²) in [6, 6.07) is 31.0. The Morgan fingerprint density at radius 3 is 2.25 bits per heavy atom. The lowest BCUT2D eigenvalue weighted by molar-refractivity contribution is -0.142. The predicted molar refractivity (Wildman–Crippen MR) is 152 cm³/mol. The van der Waals surface area contributed by atoms with Gasteiger partial charge in [0.25, 0.3) is 5.91 Å². The number of fused-ring (bicyclic) bond motifs is 1. The van der Waals surface area contributed by atoms with E-state index in [-0.39, 0.29) is 38.3 Å². The van der Waals surface area contributed by atoms with E-state index in [9.17, 15) is 9.59 Å². The first-order chi connectivity index (χ1) is 19.6. The lowest BCUT2D eigenvalue weighted by atomic mass is 10.0. The van der Waals surface area contributed by atoms with Crippen LogP contribution in [-0.4, -0.2) is 36.2 Å². The Morgan fingerprint density at radius 2 is 1.50 bits per heavy atom. The second-order valence-corrected chi connectivity index (χ2v) is 9.74. The van der Waals surface area contributed by atoms with Gasteiger partial charge in [0.05, 0.1) is 5.02 Å². The van der Waals surface area contributed by atoms with Crippen LogP contribution in [0.4, 0.5) is 0 Å². The van der Waals surface area contributed by atoms with Crippen LogP contribution in [0.1, 0.15) is 16.7 Å². The fourth-order valence-corrected chi connectivity index (χ4v) is 4.67. The van der Waals surface area contributed by atoms with Crippen molar-refractivity contribution in [1.82, 2.24) is 10.2 Å². The van der Waals surface area contributed by atoms with Crippen molar-refractivity contribution in [2.45, 2.75) is 25.6 Å². The molecule has 0 spiro atoms. The van der Waals surface area contributed by atoms with E-state index in [0.29, 0.717) is 28.7 Å². The van der Waals surface area contributed by atoms with Gasteiger partial charge in [-0.2, -0.15) is 0 Å². The number of carbonyl (C=O) groups excluding carboxylic acids is 2. The van der Waals surface area contributed by atoms with Crippen LogP contribution in [0.5, 0.6) is 17.2 Å². The molecule has 5 rings (SSSR count). The molecule has 0 aromatic heterocycles. The molecule has 0 bridgehead atoms. The molecular formula is C32H29ClN2O5. The van der Waals surface area contributed by atoms with Crippen molar-refractivity contribution < 1.29 is 23.8 Å². The van der Waals surface area contributed by atoms with E-state index < -0.39 is 6.04 Å². The van der Waals surface area contributed by atoms with Crippen LogP contribution in [0.15, 0.2) is 103 Å². The number of carbonyl (C=O) groups is 2. The zero-order valence-corrected chi connectivity index (χ0v) is 22.6. The SMILES string of the molecule is O=C(NCc1ccc2c(c1)OCO2)[C@@H](Cc1ccccc1)N(Cc1ccccc1)C(=O)COc1ccccc1Cl. The molecule has 0 saturated carbocycles. The highest BCUT2D eigenvalue weighted by Gasteiger charge is 2.31. The molecule has 1 aliphatic rings. The van der Waals surface area contributed by atoms with Crippen LogP contribution in [0.2, 0.25) is 5.02 Å². The summed E-state index contributed by atoms with van der Waals surface area (Å²) in [6.07, 6.45) is 0.332. The molecule has 7 nitrogen and oxygen atoms in total. The molecule has 0 aliphatic carbocycles. The number of rotatable bonds is 11. The van der Waals surface area contributed by atoms with Gasteiger partial charge >= 0.3 is 0 Å². The van der Waals surface area contributed by atoms with E-state index in [1.54, 1.807) is 29.2 Å². The van der Waals surface area contributed by atoms with Gasteiger partial charge < -0.3 is 24.4 Å². The van der Waals surface area contributed by atoms with Gasteiger partial charge in [-0.3, -0.25) is 9.59 Å². The van der Waals surface area contributed by atoms with Gasteiger partial charge in [0.2, 0.25) is 12.7 Å². The predicted octanol–water partition coefficient (Wildman–Crippen LogP) is 5.40. The van der Waals surface area contributed by atoms with E-state index in [1.165, 1.54) is 0 Å². The van der Waals surface area contributed by atoms with Crippen LogP contribution >= 0.6 is 11.6 Å². The van der Waals surface area contributed by atoms with Crippen molar-refractivity contribution >= 4 is 23.4 Å². The number of hydrogen-bond acceptors (Lipinski definition) is 5. The third-order valence-electron chi connectivity index (χ3n) is 6.56. The molecule has 1 N–H and O–H groups in total. The van der Waals surface area contributed by atoms with Crippen molar-refractivity contribution in [2.75, 3.05) is 13.4 Å². The third-order valence-corrected chi connectivity index (χ3v) is 6.87. The molecule has 4 aromatic carbocycles. The van der Waals surface area contributed by atoms with Crippen LogP contribution in [0, 0.1) is 0 Å². The molecule has 8 heteroatoms. The Morgan fingerprint density at radius 1 is 0.825 bits per heavy atom. The van der Waals surface area contributed by atoms with Gasteiger partial charge in [0, 0.05) is 19.5 Å². The number of hydrogen-bond donors (Lipinski definition) is 1. The Hall–Kier alpha value is -4.49. The van der Waals surface area contributed by atoms with Gasteiger partial charge in [-0.05, 0) is 41.0 Å². The number of para-hydroxylation sites is 1. The standard InChI is InChI=1S/C32H29ClN2O5/c33-26-13-7-8-14-28(26)38-21-31(36)35(20-24-11-5-2-6-12-24)27(17-23-9-3-1-4-10-23)32(37)34-19-25-15-16-29-30(18-25)40-22-39-29/h1-16,18,27H,17,19-22H2,(H,34,37)/t27-/m1/s1. The summed E-state index contributed by atoms with van der Waals surface area (Å²) >= 11 is 6.24. The third kappa shape index (κ3) is 6.93. The second-order valence-electron chi connectivity index (χ2n) is 9.34. The van der Waals surface area contributed by atoms with E-state index in [2.05, 4.69) is 5.32 Å². The van der Waals surface area contributed by atoms with E-state index >= 15 is 0 Å². The Bertz CT molecular complexity index is 1450. The minimum Gasteiger partial charge on any atom is -0.482 e. The summed E-state index contributed by atoms with van der Waals surface area (Å²) in [5.74, 6) is 1.12. The summed E-state index contributed by atoms with van der Waals surface area (Å²) in [4.78, 5) is 29.1. The summed E-state index contributed by atoms with van der Waals surface area (Å²) in [5, 5.41) is 3.43. The number of ether oxygens (including phenoxy) is 3. The number of nitrogens with zero attached hydrogens (tertiary/aromatic N) is 1. The highest BCUT2D eigenvalue weighted by molar-refractivity contribution is 6.32. The van der Waals surface area contributed by atoms with Crippen molar-refractivity contribution in [1.29, 1.82) is 0 Å². The Labute approximate surface area is 238 Å². The van der Waals surface area contributed by atoms with Gasteiger partial charge in [-0.15, -0.1) is 0 Å². The number of nitrogens with one attached hydrogen (secondary N) is 1. The molecule has 0 fully saturated rings. The van der Waals surface area contributed by atoms with Gasteiger partial charge in [-0.25, -0.2) is 0 Å². The molecule has 0 radical (unpaired) electrons. The van der Waals surface area contributed by atoms with Crippen molar-refractivity contribution in [3.05, 3.63) is 125 Å². The normalized spacial score (nSPS) is 12.4. The molecule has 2 amide bonds. The fraction of sp³-hybridized carbons (Fsp3) is 0.188. The van der Waals surface area contributed by atoms with Crippen molar-refractivity contribution in [3.8, 4) is 17.2 Å². The summed E-state index contributed by atoms with van der Waals surface area (Å²) in [5.41, 5.74) is 2.69. The first-order valence-electron chi connectivity index (χ1n) is 13.0. The Balaban J connectivity index is 1.39. The number of halogens is 1. The smallest absolute Gasteiger partial charge is 0.261 e. The molecule has 40 heavy (non-hydrogen) atoms. The van der Waals surface area contributed by atoms with Crippen LogP contribution in [0.25, 0.3) is 0 Å². The minimum absolute atomic E-state index is 0.178. The lowest BCUT2D eigenvalue weighted by Gasteiger charge is -2.31. The molecule has 4 aromatic rings. The topological polar surface area (TPSA) is 77.1 Å². The van der Waals surface area contributed by atoms with Gasteiger partial charge in [0.15, 0.2) is 18.1 Å². The largest absolute Gasteiger partial charge is 0.482 e. The zero-order chi connectivity index (χ0) is 27.7. The maximum atomic E-state index is 13.8. The highest BCUT2D eigenvalue weighted by Crippen LogP contribution is 2.32. The summed E-state index contributed by atoms with van der Waals surface area (Å²) in [6.45, 7) is 0.416. The van der Waals surface area contributed by atoms with Gasteiger partial charge in [0.1, 0.15) is 11.8 Å². The molecule has 0 saturated heterocycles. The quantitative estimate of drug-likeness (QED) is 0.267. The van der Waals surface area contributed by atoms with Crippen LogP contribution in [0.3, 0.4) is 0 Å². The molecule has 1 atom stereocenters. The average Bonchev–Trinajstić information content (AvgIpc) is 3.46. The van der Waals surface area contributed by atoms with Crippen LogP contribution < -0.4 is 19.5 Å². The van der Waals surface area contributed by atoms with E-state index in [0.717, 1.165) is 16.7 Å². The fourth-order valence-electron chi connectivity index (χ4n) is 4.48. The summed E-state index contributed by atoms with van der Waals surface area (Å²) in [7, 11) is 0. The van der Waals surface area contributed by atoms with Crippen molar-refractivity contribution in [2.24, 2.45) is 0 Å². The minimum atomic E-state index is -0.793.